The molecular formula is C29H31IN6OS. The van der Waals surface area contributed by atoms with E-state index in [9.17, 15) is 4.79 Å². The Hall–Kier alpha value is -2.63. The van der Waals surface area contributed by atoms with Gasteiger partial charge in [-0.2, -0.15) is 0 Å². The second-order valence-corrected chi connectivity index (χ2v) is 12.3. The van der Waals surface area contributed by atoms with Gasteiger partial charge in [0, 0.05) is 98.7 Å². The lowest BCUT2D eigenvalue weighted by Crippen LogP contribution is -2.54. The first-order chi connectivity index (χ1) is 18.3. The molecule has 1 amide bonds. The molecule has 0 N–H and O–H groups in total. The van der Waals surface area contributed by atoms with Gasteiger partial charge in [0.25, 0.3) is 5.91 Å². The molecule has 2 aromatic heterocycles. The fourth-order valence-electron chi connectivity index (χ4n) is 5.89. The molecule has 1 saturated heterocycles. The molecule has 6 rings (SSSR count). The number of carbonyl (C=O) groups excluding carboxylic acids is 1. The van der Waals surface area contributed by atoms with Crippen molar-refractivity contribution >= 4 is 53.1 Å². The summed E-state index contributed by atoms with van der Waals surface area (Å²) in [7, 11) is 7.34. The first-order valence-corrected chi connectivity index (χ1v) is 16.2. The summed E-state index contributed by atoms with van der Waals surface area (Å²) >= 11 is 2.27. The summed E-state index contributed by atoms with van der Waals surface area (Å²) < 4.78 is 2.05. The van der Waals surface area contributed by atoms with Crippen LogP contribution in [-0.4, -0.2) is 76.5 Å². The lowest BCUT2D eigenvalue weighted by atomic mass is 9.89. The molecule has 9 heteroatoms. The van der Waals surface area contributed by atoms with Gasteiger partial charge in [0.1, 0.15) is 5.52 Å². The normalized spacial score (nSPS) is 17.4. The van der Waals surface area contributed by atoms with E-state index in [1.165, 1.54) is 23.2 Å². The minimum absolute atomic E-state index is 0.00505. The van der Waals surface area contributed by atoms with Crippen molar-refractivity contribution in [3.05, 3.63) is 65.5 Å². The molecular weight excluding hydrogens is 607 g/mol. The van der Waals surface area contributed by atoms with E-state index in [1.54, 1.807) is 28.1 Å². The van der Waals surface area contributed by atoms with Crippen LogP contribution in [0.3, 0.4) is 0 Å². The number of likely N-dealkylation sites (N-methyl/N-ethyl adjacent to an activating group) is 1. The van der Waals surface area contributed by atoms with Gasteiger partial charge >= 0.3 is 0 Å². The SMILES string of the molecule is Cc1cc(-c2cnc3c(n2)c(-c2ccc(C(=O)N(C)C)cc2)cn3SI)cc2c1N1CCN(C)CC1CC2. The van der Waals surface area contributed by atoms with Crippen LogP contribution in [0, 0.1) is 6.92 Å². The topological polar surface area (TPSA) is 57.5 Å². The lowest BCUT2D eigenvalue weighted by molar-refractivity contribution is 0.0827. The maximum Gasteiger partial charge on any atom is 0.253 e. The van der Waals surface area contributed by atoms with Crippen LogP contribution in [0.1, 0.15) is 27.9 Å². The number of rotatable bonds is 4. The van der Waals surface area contributed by atoms with Crippen LogP contribution in [0.5, 0.6) is 0 Å². The minimum atomic E-state index is -0.00505. The molecule has 2 aliphatic heterocycles. The summed E-state index contributed by atoms with van der Waals surface area (Å²) in [5.41, 5.74) is 10.6. The molecule has 196 valence electrons. The largest absolute Gasteiger partial charge is 0.366 e. The van der Waals surface area contributed by atoms with Crippen molar-refractivity contribution < 1.29 is 4.79 Å². The Labute approximate surface area is 239 Å². The predicted octanol–water partition coefficient (Wildman–Crippen LogP) is 5.69. The van der Waals surface area contributed by atoms with Crippen molar-refractivity contribution in [1.29, 1.82) is 0 Å². The zero-order valence-corrected chi connectivity index (χ0v) is 25.1. The maximum atomic E-state index is 12.4. The third-order valence-corrected chi connectivity index (χ3v) is 9.48. The van der Waals surface area contributed by atoms with E-state index in [0.717, 1.165) is 59.6 Å². The lowest BCUT2D eigenvalue weighted by Gasteiger charge is -2.46. The van der Waals surface area contributed by atoms with Crippen molar-refractivity contribution in [3.63, 3.8) is 0 Å². The molecule has 0 bridgehead atoms. The summed E-state index contributed by atoms with van der Waals surface area (Å²) in [6, 6.07) is 13.0. The Morgan fingerprint density at radius 1 is 1.13 bits per heavy atom. The predicted molar refractivity (Wildman–Crippen MR) is 165 cm³/mol. The van der Waals surface area contributed by atoms with Crippen molar-refractivity contribution in [2.45, 2.75) is 25.8 Å². The second kappa shape index (κ2) is 10.2. The molecule has 1 unspecified atom stereocenters. The highest BCUT2D eigenvalue weighted by Crippen LogP contribution is 2.39. The van der Waals surface area contributed by atoms with Gasteiger partial charge < -0.3 is 14.7 Å². The number of anilines is 1. The smallest absolute Gasteiger partial charge is 0.253 e. The van der Waals surface area contributed by atoms with E-state index in [4.69, 9.17) is 9.97 Å². The van der Waals surface area contributed by atoms with E-state index in [1.807, 2.05) is 34.4 Å². The molecule has 0 radical (unpaired) electrons. The van der Waals surface area contributed by atoms with Crippen molar-refractivity contribution in [3.8, 4) is 22.4 Å². The first-order valence-electron chi connectivity index (χ1n) is 12.9. The Morgan fingerprint density at radius 3 is 2.66 bits per heavy atom. The van der Waals surface area contributed by atoms with Crippen LogP contribution in [0.2, 0.25) is 0 Å². The summed E-state index contributed by atoms with van der Waals surface area (Å²) in [4.78, 5) is 29.1. The van der Waals surface area contributed by atoms with Crippen molar-refractivity contribution in [2.75, 3.05) is 45.7 Å². The zero-order valence-electron chi connectivity index (χ0n) is 22.1. The van der Waals surface area contributed by atoms with Gasteiger partial charge in [0.2, 0.25) is 0 Å². The summed E-state index contributed by atoms with van der Waals surface area (Å²) in [5, 5.41) is 0. The maximum absolute atomic E-state index is 12.4. The Morgan fingerprint density at radius 2 is 1.92 bits per heavy atom. The molecule has 0 spiro atoms. The fourth-order valence-corrected chi connectivity index (χ4v) is 7.14. The number of piperazine rings is 1. The number of halogens is 1. The molecule has 7 nitrogen and oxygen atoms in total. The van der Waals surface area contributed by atoms with Gasteiger partial charge in [-0.05, 0) is 67.8 Å². The monoisotopic (exact) mass is 638 g/mol. The Balaban J connectivity index is 1.40. The van der Waals surface area contributed by atoms with Gasteiger partial charge in [-0.15, -0.1) is 0 Å². The molecule has 4 heterocycles. The van der Waals surface area contributed by atoms with Crippen LogP contribution in [0.25, 0.3) is 33.5 Å². The molecule has 1 fully saturated rings. The molecule has 2 aliphatic rings. The quantitative estimate of drug-likeness (QED) is 0.268. The number of fused-ring (bicyclic) bond motifs is 4. The summed E-state index contributed by atoms with van der Waals surface area (Å²) in [6.07, 6.45) is 6.27. The van der Waals surface area contributed by atoms with Crippen LogP contribution in [-0.2, 0) is 6.42 Å². The number of hydrogen-bond acceptors (Lipinski definition) is 6. The number of aryl methyl sites for hydroxylation is 2. The molecule has 4 aromatic rings. The zero-order chi connectivity index (χ0) is 26.6. The molecule has 0 aliphatic carbocycles. The molecule has 1 atom stereocenters. The Bertz CT molecular complexity index is 1530. The van der Waals surface area contributed by atoms with Crippen LogP contribution < -0.4 is 4.90 Å². The standard InChI is InChI=1S/C29H31IN6OS/c1-18-13-22(14-21-9-10-23-16-34(4)11-12-35(23)27(18)21)25-15-31-28-26(32-25)24(17-36(28)38-30)19-5-7-20(8-6-19)29(37)33(2)3/h5-8,13-15,17,23H,9-12,16H2,1-4H3. The fraction of sp³-hybridized carbons (Fsp3) is 0.345. The van der Waals surface area contributed by atoms with E-state index < -0.39 is 0 Å². The van der Waals surface area contributed by atoms with Crippen molar-refractivity contribution in [2.24, 2.45) is 0 Å². The number of nitrogens with zero attached hydrogens (tertiary/aromatic N) is 6. The van der Waals surface area contributed by atoms with Crippen LogP contribution in [0.15, 0.2) is 48.8 Å². The third-order valence-electron chi connectivity index (χ3n) is 7.78. The number of aromatic nitrogens is 3. The average molecular weight is 639 g/mol. The highest BCUT2D eigenvalue weighted by Gasteiger charge is 2.32. The molecule has 0 saturated carbocycles. The van der Waals surface area contributed by atoms with E-state index in [2.05, 4.69) is 63.3 Å². The highest BCUT2D eigenvalue weighted by atomic mass is 127. The van der Waals surface area contributed by atoms with Gasteiger partial charge in [0.15, 0.2) is 5.65 Å². The van der Waals surface area contributed by atoms with E-state index >= 15 is 0 Å². The molecule has 2 aromatic carbocycles. The van der Waals surface area contributed by atoms with Crippen molar-refractivity contribution in [1.82, 2.24) is 23.7 Å². The van der Waals surface area contributed by atoms with Crippen LogP contribution >= 0.6 is 30.3 Å². The average Bonchev–Trinajstić information content (AvgIpc) is 3.30. The summed E-state index contributed by atoms with van der Waals surface area (Å²) in [6.45, 7) is 5.57. The van der Waals surface area contributed by atoms with E-state index in [0.29, 0.717) is 11.6 Å². The highest BCUT2D eigenvalue weighted by molar-refractivity contribution is 14.2. The number of benzene rings is 2. The van der Waals surface area contributed by atoms with Gasteiger partial charge in [-0.3, -0.25) is 8.77 Å². The first kappa shape index (κ1) is 25.6. The van der Waals surface area contributed by atoms with Crippen LogP contribution in [0.4, 0.5) is 5.69 Å². The van der Waals surface area contributed by atoms with Gasteiger partial charge in [-0.1, -0.05) is 12.1 Å². The Kier molecular flexibility index (Phi) is 6.86. The van der Waals surface area contributed by atoms with Gasteiger partial charge in [-0.25, -0.2) is 9.97 Å². The number of amides is 1. The molecule has 38 heavy (non-hydrogen) atoms. The summed E-state index contributed by atoms with van der Waals surface area (Å²) in [5.74, 6) is -0.00505. The number of carbonyl (C=O) groups is 1. The third kappa shape index (κ3) is 4.48. The minimum Gasteiger partial charge on any atom is -0.366 e. The van der Waals surface area contributed by atoms with Gasteiger partial charge in [0.05, 0.1) is 11.9 Å². The number of hydrogen-bond donors (Lipinski definition) is 0. The second-order valence-electron chi connectivity index (χ2n) is 10.6. The van der Waals surface area contributed by atoms with E-state index in [-0.39, 0.29) is 5.91 Å².